The Bertz CT molecular complexity index is 399. The third-order valence-electron chi connectivity index (χ3n) is 4.38. The lowest BCUT2D eigenvalue weighted by Crippen LogP contribution is -2.43. The van der Waals surface area contributed by atoms with Crippen LogP contribution in [-0.4, -0.2) is 62.7 Å². The molecule has 1 heterocycles. The van der Waals surface area contributed by atoms with Gasteiger partial charge in [0.15, 0.2) is 0 Å². The highest BCUT2D eigenvalue weighted by Gasteiger charge is 2.20. The molecule has 0 amide bonds. The van der Waals surface area contributed by atoms with Crippen LogP contribution in [0.1, 0.15) is 18.4 Å². The van der Waals surface area contributed by atoms with E-state index in [2.05, 4.69) is 36.0 Å². The fraction of sp³-hybridized carbons (Fsp3) is 0.647. The average Bonchev–Trinajstić information content (AvgIpc) is 2.50. The molecule has 2 rings (SSSR count). The van der Waals surface area contributed by atoms with E-state index in [1.165, 1.54) is 31.5 Å². The summed E-state index contributed by atoms with van der Waals surface area (Å²) in [6.45, 7) is 4.84. The predicted octanol–water partition coefficient (Wildman–Crippen LogP) is 1.59. The second-order valence-corrected chi connectivity index (χ2v) is 6.05. The normalized spacial score (nSPS) is 17.3. The Kier molecular flexibility index (Phi) is 6.49. The summed E-state index contributed by atoms with van der Waals surface area (Å²) in [6, 6.07) is 8.99. The standard InChI is InChI=1S/C17H29N3O/c1-19-11-8-16(9-12-19)20(2)13-14-21-17-5-3-15(4-6-17)7-10-18/h3-6,16H,7-14,18H2,1-2H3. The lowest BCUT2D eigenvalue weighted by molar-refractivity contribution is 0.127. The first-order valence-corrected chi connectivity index (χ1v) is 7.99. The number of rotatable bonds is 7. The quantitative estimate of drug-likeness (QED) is 0.828. The van der Waals surface area contributed by atoms with Crippen LogP contribution in [0.3, 0.4) is 0 Å². The molecule has 0 aromatic heterocycles. The van der Waals surface area contributed by atoms with Gasteiger partial charge in [0.1, 0.15) is 12.4 Å². The van der Waals surface area contributed by atoms with E-state index in [1.807, 2.05) is 12.1 Å². The summed E-state index contributed by atoms with van der Waals surface area (Å²) < 4.78 is 5.84. The van der Waals surface area contributed by atoms with Crippen molar-refractivity contribution in [2.24, 2.45) is 5.73 Å². The summed E-state index contributed by atoms with van der Waals surface area (Å²) in [4.78, 5) is 4.85. The lowest BCUT2D eigenvalue weighted by atomic mass is 10.0. The van der Waals surface area contributed by atoms with Crippen molar-refractivity contribution in [2.45, 2.75) is 25.3 Å². The number of hydrogen-bond donors (Lipinski definition) is 1. The van der Waals surface area contributed by atoms with E-state index in [4.69, 9.17) is 10.5 Å². The van der Waals surface area contributed by atoms with Gasteiger partial charge in [-0.05, 0) is 70.7 Å². The zero-order chi connectivity index (χ0) is 15.1. The molecule has 1 aliphatic heterocycles. The molecule has 0 spiro atoms. The Morgan fingerprint density at radius 3 is 2.52 bits per heavy atom. The van der Waals surface area contributed by atoms with Gasteiger partial charge in [0.25, 0.3) is 0 Å². The first kappa shape index (κ1) is 16.3. The van der Waals surface area contributed by atoms with Crippen LogP contribution >= 0.6 is 0 Å². The van der Waals surface area contributed by atoms with Crippen LogP contribution in [0.25, 0.3) is 0 Å². The second kappa shape index (κ2) is 8.37. The maximum Gasteiger partial charge on any atom is 0.119 e. The van der Waals surface area contributed by atoms with Crippen molar-refractivity contribution in [3.05, 3.63) is 29.8 Å². The molecule has 0 unspecified atom stereocenters. The Morgan fingerprint density at radius 1 is 1.24 bits per heavy atom. The number of piperidine rings is 1. The first-order chi connectivity index (χ1) is 10.2. The van der Waals surface area contributed by atoms with Crippen LogP contribution < -0.4 is 10.5 Å². The molecule has 118 valence electrons. The lowest BCUT2D eigenvalue weighted by Gasteiger charge is -2.35. The van der Waals surface area contributed by atoms with Crippen molar-refractivity contribution < 1.29 is 4.74 Å². The first-order valence-electron chi connectivity index (χ1n) is 7.99. The van der Waals surface area contributed by atoms with Crippen LogP contribution in [0.15, 0.2) is 24.3 Å². The van der Waals surface area contributed by atoms with Gasteiger partial charge in [-0.2, -0.15) is 0 Å². The van der Waals surface area contributed by atoms with Gasteiger partial charge in [-0.3, -0.25) is 4.90 Å². The molecule has 0 saturated carbocycles. The minimum absolute atomic E-state index is 0.696. The Morgan fingerprint density at radius 2 is 1.90 bits per heavy atom. The average molecular weight is 291 g/mol. The topological polar surface area (TPSA) is 41.7 Å². The molecule has 4 heteroatoms. The highest BCUT2D eigenvalue weighted by molar-refractivity contribution is 5.27. The number of hydrogen-bond acceptors (Lipinski definition) is 4. The minimum Gasteiger partial charge on any atom is -0.492 e. The molecule has 1 saturated heterocycles. The molecular weight excluding hydrogens is 262 g/mol. The summed E-state index contributed by atoms with van der Waals surface area (Å²) in [5.74, 6) is 0.951. The van der Waals surface area contributed by atoms with Crippen molar-refractivity contribution in [3.63, 3.8) is 0 Å². The molecule has 1 fully saturated rings. The molecule has 0 atom stereocenters. The highest BCUT2D eigenvalue weighted by atomic mass is 16.5. The number of ether oxygens (including phenoxy) is 1. The van der Waals surface area contributed by atoms with Crippen LogP contribution in [0, 0.1) is 0 Å². The number of nitrogens with zero attached hydrogens (tertiary/aromatic N) is 2. The molecular formula is C17H29N3O. The molecule has 1 aromatic carbocycles. The monoisotopic (exact) mass is 291 g/mol. The number of benzene rings is 1. The molecule has 2 N–H and O–H groups in total. The van der Waals surface area contributed by atoms with Gasteiger partial charge in [-0.15, -0.1) is 0 Å². The Hall–Kier alpha value is -1.10. The fourth-order valence-electron chi connectivity index (χ4n) is 2.84. The molecule has 4 nitrogen and oxygen atoms in total. The van der Waals surface area contributed by atoms with E-state index in [0.717, 1.165) is 25.3 Å². The van der Waals surface area contributed by atoms with E-state index in [-0.39, 0.29) is 0 Å². The van der Waals surface area contributed by atoms with Crippen LogP contribution in [0.4, 0.5) is 0 Å². The summed E-state index contributed by atoms with van der Waals surface area (Å²) in [6.07, 6.45) is 3.46. The fourth-order valence-corrected chi connectivity index (χ4v) is 2.84. The van der Waals surface area contributed by atoms with E-state index < -0.39 is 0 Å². The van der Waals surface area contributed by atoms with Gasteiger partial charge >= 0.3 is 0 Å². The zero-order valence-electron chi connectivity index (χ0n) is 13.4. The molecule has 0 radical (unpaired) electrons. The third kappa shape index (κ3) is 5.30. The zero-order valence-corrected chi connectivity index (χ0v) is 13.4. The van der Waals surface area contributed by atoms with Gasteiger partial charge in [-0.25, -0.2) is 0 Å². The summed E-state index contributed by atoms with van der Waals surface area (Å²) >= 11 is 0. The van der Waals surface area contributed by atoms with E-state index in [9.17, 15) is 0 Å². The molecule has 0 aliphatic carbocycles. The minimum atomic E-state index is 0.696. The third-order valence-corrected chi connectivity index (χ3v) is 4.38. The van der Waals surface area contributed by atoms with Crippen molar-refractivity contribution in [1.82, 2.24) is 9.80 Å². The molecule has 21 heavy (non-hydrogen) atoms. The SMILES string of the molecule is CN1CCC(N(C)CCOc2ccc(CCN)cc2)CC1. The maximum absolute atomic E-state index is 5.84. The Balaban J connectivity index is 1.68. The van der Waals surface area contributed by atoms with Crippen LogP contribution in [0.2, 0.25) is 0 Å². The van der Waals surface area contributed by atoms with Crippen LogP contribution in [-0.2, 0) is 6.42 Å². The summed E-state index contributed by atoms with van der Waals surface area (Å²) in [5, 5.41) is 0. The van der Waals surface area contributed by atoms with Crippen molar-refractivity contribution in [1.29, 1.82) is 0 Å². The van der Waals surface area contributed by atoms with Gasteiger partial charge in [0.2, 0.25) is 0 Å². The molecule has 0 bridgehead atoms. The van der Waals surface area contributed by atoms with E-state index in [0.29, 0.717) is 12.6 Å². The molecule has 1 aromatic rings. The predicted molar refractivity (Wildman–Crippen MR) is 87.8 cm³/mol. The van der Waals surface area contributed by atoms with Crippen molar-refractivity contribution in [2.75, 3.05) is 46.9 Å². The smallest absolute Gasteiger partial charge is 0.119 e. The summed E-state index contributed by atoms with van der Waals surface area (Å²) in [5.41, 5.74) is 6.82. The van der Waals surface area contributed by atoms with Gasteiger partial charge < -0.3 is 15.4 Å². The van der Waals surface area contributed by atoms with Gasteiger partial charge in [0, 0.05) is 12.6 Å². The number of likely N-dealkylation sites (tertiary alicyclic amines) is 1. The largest absolute Gasteiger partial charge is 0.492 e. The van der Waals surface area contributed by atoms with Crippen LogP contribution in [0.5, 0.6) is 5.75 Å². The van der Waals surface area contributed by atoms with E-state index in [1.54, 1.807) is 0 Å². The highest BCUT2D eigenvalue weighted by Crippen LogP contribution is 2.15. The second-order valence-electron chi connectivity index (χ2n) is 6.05. The van der Waals surface area contributed by atoms with E-state index >= 15 is 0 Å². The maximum atomic E-state index is 5.84. The summed E-state index contributed by atoms with van der Waals surface area (Å²) in [7, 11) is 4.41. The number of likely N-dealkylation sites (N-methyl/N-ethyl adjacent to an activating group) is 1. The molecule has 1 aliphatic rings. The van der Waals surface area contributed by atoms with Gasteiger partial charge in [0.05, 0.1) is 0 Å². The van der Waals surface area contributed by atoms with Gasteiger partial charge in [-0.1, -0.05) is 12.1 Å². The Labute approximate surface area is 128 Å². The van der Waals surface area contributed by atoms with Crippen molar-refractivity contribution in [3.8, 4) is 5.75 Å². The van der Waals surface area contributed by atoms with Crippen molar-refractivity contribution >= 4 is 0 Å². The number of nitrogens with two attached hydrogens (primary N) is 1.